The second-order valence-corrected chi connectivity index (χ2v) is 8.12. The second-order valence-electron chi connectivity index (χ2n) is 8.12. The van der Waals surface area contributed by atoms with Crippen molar-refractivity contribution >= 4 is 40.8 Å². The van der Waals surface area contributed by atoms with Gasteiger partial charge in [0.1, 0.15) is 0 Å². The van der Waals surface area contributed by atoms with Gasteiger partial charge in [-0.05, 0) is 56.1 Å². The van der Waals surface area contributed by atoms with Crippen LogP contribution in [-0.4, -0.2) is 42.3 Å². The quantitative estimate of drug-likeness (QED) is 0.172. The molecule has 1 fully saturated rings. The molecule has 0 atom stereocenters. The largest absolute Gasteiger partial charge is 0.396 e. The molecule has 0 spiro atoms. The number of hydrogen-bond donors (Lipinski definition) is 4. The zero-order valence-corrected chi connectivity index (χ0v) is 20.0. The maximum Gasteiger partial charge on any atom is 0.191 e. The van der Waals surface area contributed by atoms with E-state index in [9.17, 15) is 5.11 Å². The molecule has 0 bridgehead atoms. The van der Waals surface area contributed by atoms with Crippen molar-refractivity contribution in [3.05, 3.63) is 36.0 Å². The number of guanidine groups is 1. The van der Waals surface area contributed by atoms with E-state index in [2.05, 4.69) is 53.0 Å². The fraction of sp³-hybridized carbons (Fsp3) is 0.609. The number of benzene rings is 1. The van der Waals surface area contributed by atoms with Crippen LogP contribution in [-0.2, 0) is 6.42 Å². The molecule has 1 heterocycles. The Kier molecular flexibility index (Phi) is 10.3. The van der Waals surface area contributed by atoms with Crippen molar-refractivity contribution in [3.63, 3.8) is 0 Å². The molecular weight excluding hydrogens is 475 g/mol. The number of nitrogens with zero attached hydrogens (tertiary/aromatic N) is 1. The predicted octanol–water partition coefficient (Wildman–Crippen LogP) is 4.61. The first-order valence-electron chi connectivity index (χ1n) is 10.9. The maximum atomic E-state index is 9.51. The number of aliphatic hydroxyl groups is 1. The van der Waals surface area contributed by atoms with Crippen molar-refractivity contribution in [1.82, 2.24) is 15.6 Å². The van der Waals surface area contributed by atoms with Crippen LogP contribution in [0.15, 0.2) is 35.5 Å². The molecule has 2 aromatic rings. The van der Waals surface area contributed by atoms with E-state index in [1.54, 1.807) is 0 Å². The fourth-order valence-electron chi connectivity index (χ4n) is 4.44. The predicted molar refractivity (Wildman–Crippen MR) is 133 cm³/mol. The summed E-state index contributed by atoms with van der Waals surface area (Å²) >= 11 is 0. The number of aromatic nitrogens is 1. The molecule has 29 heavy (non-hydrogen) atoms. The molecule has 0 amide bonds. The SMILES string of the molecule is CCNC(=NCC1(CCO)CCCCC1)NCCCc1c[nH]c2ccccc12.I. The third-order valence-electron chi connectivity index (χ3n) is 6.06. The molecule has 1 aromatic heterocycles. The third-order valence-corrected chi connectivity index (χ3v) is 6.06. The van der Waals surface area contributed by atoms with Gasteiger partial charge in [-0.1, -0.05) is 37.5 Å². The number of aryl methyl sites for hydroxylation is 1. The monoisotopic (exact) mass is 512 g/mol. The molecule has 162 valence electrons. The van der Waals surface area contributed by atoms with Gasteiger partial charge in [0.15, 0.2) is 5.96 Å². The average molecular weight is 512 g/mol. The van der Waals surface area contributed by atoms with Crippen molar-refractivity contribution in [2.24, 2.45) is 10.4 Å². The zero-order chi connectivity index (χ0) is 19.7. The Morgan fingerprint density at radius 2 is 1.97 bits per heavy atom. The van der Waals surface area contributed by atoms with Crippen LogP contribution in [0.5, 0.6) is 0 Å². The van der Waals surface area contributed by atoms with Gasteiger partial charge in [-0.2, -0.15) is 0 Å². The lowest BCUT2D eigenvalue weighted by Crippen LogP contribution is -2.39. The first-order chi connectivity index (χ1) is 13.8. The highest BCUT2D eigenvalue weighted by Gasteiger charge is 2.31. The average Bonchev–Trinajstić information content (AvgIpc) is 3.13. The normalized spacial score (nSPS) is 16.4. The lowest BCUT2D eigenvalue weighted by Gasteiger charge is -2.35. The van der Waals surface area contributed by atoms with Gasteiger partial charge < -0.3 is 20.7 Å². The van der Waals surface area contributed by atoms with Crippen molar-refractivity contribution < 1.29 is 5.11 Å². The summed E-state index contributed by atoms with van der Waals surface area (Å²) in [5.74, 6) is 0.907. The molecule has 5 nitrogen and oxygen atoms in total. The fourth-order valence-corrected chi connectivity index (χ4v) is 4.44. The van der Waals surface area contributed by atoms with Crippen molar-refractivity contribution in [1.29, 1.82) is 0 Å². The molecule has 6 heteroatoms. The Hall–Kier alpha value is -1.28. The second kappa shape index (κ2) is 12.4. The van der Waals surface area contributed by atoms with Gasteiger partial charge in [0.2, 0.25) is 0 Å². The molecular formula is C23H37IN4O. The number of rotatable bonds is 9. The Morgan fingerprint density at radius 3 is 2.72 bits per heavy atom. The van der Waals surface area contributed by atoms with E-state index >= 15 is 0 Å². The van der Waals surface area contributed by atoms with Crippen LogP contribution in [0, 0.1) is 5.41 Å². The van der Waals surface area contributed by atoms with E-state index in [1.807, 2.05) is 0 Å². The third kappa shape index (κ3) is 6.88. The Bertz CT molecular complexity index is 747. The molecule has 0 aliphatic heterocycles. The zero-order valence-electron chi connectivity index (χ0n) is 17.7. The smallest absolute Gasteiger partial charge is 0.191 e. The Balaban J connectivity index is 0.00000300. The number of halogens is 1. The van der Waals surface area contributed by atoms with E-state index in [0.717, 1.165) is 44.9 Å². The molecule has 1 aromatic carbocycles. The van der Waals surface area contributed by atoms with Gasteiger partial charge in [-0.25, -0.2) is 0 Å². The molecule has 1 aliphatic carbocycles. The number of aliphatic hydroxyl groups excluding tert-OH is 1. The van der Waals surface area contributed by atoms with E-state index in [0.29, 0.717) is 0 Å². The number of aliphatic imine (C=N–C) groups is 1. The van der Waals surface area contributed by atoms with Crippen LogP contribution < -0.4 is 10.6 Å². The summed E-state index contributed by atoms with van der Waals surface area (Å²) < 4.78 is 0. The molecule has 0 unspecified atom stereocenters. The number of aromatic amines is 1. The van der Waals surface area contributed by atoms with Gasteiger partial charge >= 0.3 is 0 Å². The van der Waals surface area contributed by atoms with E-state index < -0.39 is 0 Å². The minimum atomic E-state index is 0. The molecule has 1 saturated carbocycles. The van der Waals surface area contributed by atoms with Crippen LogP contribution in [0.1, 0.15) is 57.4 Å². The summed E-state index contributed by atoms with van der Waals surface area (Å²) in [7, 11) is 0. The summed E-state index contributed by atoms with van der Waals surface area (Å²) in [6, 6.07) is 8.48. The highest BCUT2D eigenvalue weighted by atomic mass is 127. The Morgan fingerprint density at radius 1 is 1.17 bits per heavy atom. The first kappa shape index (κ1) is 24.0. The summed E-state index contributed by atoms with van der Waals surface area (Å²) in [6.07, 6.45) is 11.4. The van der Waals surface area contributed by atoms with Crippen molar-refractivity contribution in [2.45, 2.75) is 58.3 Å². The summed E-state index contributed by atoms with van der Waals surface area (Å²) in [5.41, 5.74) is 2.78. The van der Waals surface area contributed by atoms with Crippen molar-refractivity contribution in [3.8, 4) is 0 Å². The Labute approximate surface area is 192 Å². The van der Waals surface area contributed by atoms with E-state index in [1.165, 1.54) is 48.6 Å². The summed E-state index contributed by atoms with van der Waals surface area (Å²) in [6.45, 7) is 4.95. The number of H-pyrrole nitrogens is 1. The van der Waals surface area contributed by atoms with Gasteiger partial charge in [-0.3, -0.25) is 4.99 Å². The van der Waals surface area contributed by atoms with Gasteiger partial charge in [0.25, 0.3) is 0 Å². The molecule has 4 N–H and O–H groups in total. The summed E-state index contributed by atoms with van der Waals surface area (Å²) in [5, 5.41) is 17.7. The highest BCUT2D eigenvalue weighted by molar-refractivity contribution is 14.0. The van der Waals surface area contributed by atoms with Crippen LogP contribution >= 0.6 is 24.0 Å². The number of fused-ring (bicyclic) bond motifs is 1. The minimum absolute atomic E-state index is 0. The topological polar surface area (TPSA) is 72.4 Å². The van der Waals surface area contributed by atoms with E-state index in [4.69, 9.17) is 4.99 Å². The van der Waals surface area contributed by atoms with Crippen LogP contribution in [0.25, 0.3) is 10.9 Å². The molecule has 1 aliphatic rings. The van der Waals surface area contributed by atoms with Crippen LogP contribution in [0.2, 0.25) is 0 Å². The number of nitrogens with one attached hydrogen (secondary N) is 3. The minimum Gasteiger partial charge on any atom is -0.396 e. The highest BCUT2D eigenvalue weighted by Crippen LogP contribution is 2.39. The molecule has 0 saturated heterocycles. The lowest BCUT2D eigenvalue weighted by molar-refractivity contribution is 0.137. The maximum absolute atomic E-state index is 9.51. The number of hydrogen-bond acceptors (Lipinski definition) is 2. The molecule has 0 radical (unpaired) electrons. The first-order valence-corrected chi connectivity index (χ1v) is 10.9. The van der Waals surface area contributed by atoms with Crippen molar-refractivity contribution in [2.75, 3.05) is 26.2 Å². The number of para-hydroxylation sites is 1. The lowest BCUT2D eigenvalue weighted by atomic mass is 9.72. The summed E-state index contributed by atoms with van der Waals surface area (Å²) in [4.78, 5) is 8.24. The standard InChI is InChI=1S/C23H36N4O.HI/c1-2-24-22(27-18-23(14-16-28)12-6-3-7-13-23)25-15-8-9-19-17-26-21-11-5-4-10-20(19)21;/h4-5,10-11,17,26,28H,2-3,6-9,12-16,18H2,1H3,(H2,24,25,27);1H. The van der Waals surface area contributed by atoms with E-state index in [-0.39, 0.29) is 36.0 Å². The van der Waals surface area contributed by atoms with Gasteiger partial charge in [0.05, 0.1) is 0 Å². The van der Waals surface area contributed by atoms with Gasteiger partial charge in [-0.15, -0.1) is 24.0 Å². The van der Waals surface area contributed by atoms with Crippen LogP contribution in [0.4, 0.5) is 0 Å². The molecule has 3 rings (SSSR count). The van der Waals surface area contributed by atoms with Gasteiger partial charge in [0, 0.05) is 43.3 Å². The van der Waals surface area contributed by atoms with Crippen LogP contribution in [0.3, 0.4) is 0 Å².